The Morgan fingerprint density at radius 2 is 1.06 bits per heavy atom. The first-order valence-corrected chi connectivity index (χ1v) is 16.8. The van der Waals surface area contributed by atoms with Gasteiger partial charge in [-0.05, 0) is 65.7 Å². The largest absolute Gasteiger partial charge is 0.456 e. The molecule has 0 N–H and O–H groups in total. The number of furan rings is 1. The van der Waals surface area contributed by atoms with E-state index >= 15 is 0 Å². The van der Waals surface area contributed by atoms with Crippen LogP contribution in [0.3, 0.4) is 0 Å². The molecule has 0 unspecified atom stereocenters. The average Bonchev–Trinajstić information content (AvgIpc) is 3.74. The number of rotatable bonds is 5. The van der Waals surface area contributed by atoms with E-state index in [0.29, 0.717) is 5.82 Å². The van der Waals surface area contributed by atoms with Gasteiger partial charge in [-0.3, -0.25) is 0 Å². The van der Waals surface area contributed by atoms with Crippen LogP contribution in [0.1, 0.15) is 0 Å². The summed E-state index contributed by atoms with van der Waals surface area (Å²) in [6.07, 6.45) is 0. The molecule has 3 aromatic heterocycles. The first-order valence-electron chi connectivity index (χ1n) is 16.8. The minimum Gasteiger partial charge on any atom is -0.456 e. The Hall–Kier alpha value is -6.78. The molecule has 10 rings (SSSR count). The summed E-state index contributed by atoms with van der Waals surface area (Å²) in [4.78, 5) is 10.1. The van der Waals surface area contributed by atoms with E-state index in [1.165, 1.54) is 21.8 Å². The van der Waals surface area contributed by atoms with Crippen LogP contribution in [-0.4, -0.2) is 14.5 Å². The van der Waals surface area contributed by atoms with Crippen molar-refractivity contribution in [3.63, 3.8) is 0 Å². The van der Waals surface area contributed by atoms with E-state index in [1.54, 1.807) is 0 Å². The molecule has 0 aliphatic rings. The van der Waals surface area contributed by atoms with E-state index in [2.05, 4.69) is 132 Å². The summed E-state index contributed by atoms with van der Waals surface area (Å²) in [5.74, 6) is 0.693. The second kappa shape index (κ2) is 11.4. The summed E-state index contributed by atoms with van der Waals surface area (Å²) in [6, 6.07) is 61.3. The minimum absolute atomic E-state index is 0.693. The minimum atomic E-state index is 0.693. The van der Waals surface area contributed by atoms with Crippen LogP contribution in [0.2, 0.25) is 0 Å². The Morgan fingerprint density at radius 1 is 0.400 bits per heavy atom. The van der Waals surface area contributed by atoms with Crippen molar-refractivity contribution in [1.29, 1.82) is 0 Å². The maximum atomic E-state index is 6.58. The summed E-state index contributed by atoms with van der Waals surface area (Å²) in [5, 5.41) is 4.56. The summed E-state index contributed by atoms with van der Waals surface area (Å²) in [7, 11) is 0. The fourth-order valence-corrected chi connectivity index (χ4v) is 7.28. The van der Waals surface area contributed by atoms with Gasteiger partial charge in [0.1, 0.15) is 11.2 Å². The molecule has 0 aliphatic heterocycles. The molecular weight excluding hydrogens is 611 g/mol. The molecule has 50 heavy (non-hydrogen) atoms. The highest BCUT2D eigenvalue weighted by Crippen LogP contribution is 2.40. The van der Waals surface area contributed by atoms with Gasteiger partial charge in [0.2, 0.25) is 0 Å². The summed E-state index contributed by atoms with van der Waals surface area (Å²) < 4.78 is 8.92. The fourth-order valence-electron chi connectivity index (χ4n) is 7.28. The van der Waals surface area contributed by atoms with Gasteiger partial charge in [0.05, 0.1) is 22.4 Å². The first kappa shape index (κ1) is 28.3. The standard InChI is InChI=1S/C46H29N3O/c1-4-13-30(14-5-1)39-29-40(48-46(47-39)31-15-6-2-7-16-31)36-20-12-22-43-45(36)37-25-23-33(28-44(37)50-43)32-24-26-42-38(27-32)35-19-10-11-21-41(35)49(42)34-17-8-3-9-18-34/h1-29H. The zero-order valence-corrected chi connectivity index (χ0v) is 27.0. The molecule has 0 spiro atoms. The van der Waals surface area contributed by atoms with Crippen LogP contribution in [0.4, 0.5) is 0 Å². The molecule has 3 heterocycles. The van der Waals surface area contributed by atoms with E-state index in [9.17, 15) is 0 Å². The molecule has 234 valence electrons. The Kier molecular flexibility index (Phi) is 6.46. The van der Waals surface area contributed by atoms with Gasteiger partial charge in [-0.15, -0.1) is 0 Å². The lowest BCUT2D eigenvalue weighted by molar-refractivity contribution is 0.669. The van der Waals surface area contributed by atoms with Crippen LogP contribution in [-0.2, 0) is 0 Å². The number of para-hydroxylation sites is 2. The molecule has 0 saturated carbocycles. The summed E-state index contributed by atoms with van der Waals surface area (Å²) in [5.41, 5.74) is 12.2. The third-order valence-corrected chi connectivity index (χ3v) is 9.62. The molecule has 10 aromatic rings. The highest BCUT2D eigenvalue weighted by atomic mass is 16.3. The van der Waals surface area contributed by atoms with Crippen LogP contribution in [0.15, 0.2) is 180 Å². The smallest absolute Gasteiger partial charge is 0.160 e. The number of hydrogen-bond donors (Lipinski definition) is 0. The van der Waals surface area contributed by atoms with Crippen LogP contribution in [0, 0.1) is 0 Å². The van der Waals surface area contributed by atoms with Gasteiger partial charge in [-0.25, -0.2) is 9.97 Å². The second-order valence-electron chi connectivity index (χ2n) is 12.6. The Bertz CT molecular complexity index is 2800. The van der Waals surface area contributed by atoms with Gasteiger partial charge in [-0.2, -0.15) is 0 Å². The quantitative estimate of drug-likeness (QED) is 0.188. The number of hydrogen-bond acceptors (Lipinski definition) is 3. The van der Waals surface area contributed by atoms with E-state index in [0.717, 1.165) is 66.8 Å². The predicted octanol–water partition coefficient (Wildman–Crippen LogP) is 12.1. The number of aromatic nitrogens is 3. The maximum Gasteiger partial charge on any atom is 0.160 e. The van der Waals surface area contributed by atoms with Crippen LogP contribution in [0.5, 0.6) is 0 Å². The van der Waals surface area contributed by atoms with E-state index < -0.39 is 0 Å². The van der Waals surface area contributed by atoms with Crippen LogP contribution >= 0.6 is 0 Å². The lowest BCUT2D eigenvalue weighted by Gasteiger charge is -2.10. The zero-order chi connectivity index (χ0) is 33.0. The normalized spacial score (nSPS) is 11.6. The van der Waals surface area contributed by atoms with Gasteiger partial charge >= 0.3 is 0 Å². The van der Waals surface area contributed by atoms with Crippen LogP contribution in [0.25, 0.3) is 94.5 Å². The van der Waals surface area contributed by atoms with Crippen molar-refractivity contribution < 1.29 is 4.42 Å². The molecule has 4 nitrogen and oxygen atoms in total. The molecule has 0 fully saturated rings. The van der Waals surface area contributed by atoms with Crippen molar-refractivity contribution in [1.82, 2.24) is 14.5 Å². The Labute approximate surface area is 288 Å². The molecule has 0 aliphatic carbocycles. The molecule has 4 heteroatoms. The van der Waals surface area contributed by atoms with Crippen molar-refractivity contribution in [3.05, 3.63) is 176 Å². The van der Waals surface area contributed by atoms with Crippen LogP contribution < -0.4 is 0 Å². The molecule has 7 aromatic carbocycles. The fraction of sp³-hybridized carbons (Fsp3) is 0. The molecular formula is C46H29N3O. The SMILES string of the molecule is c1ccc(-c2cc(-c3cccc4oc5cc(-c6ccc7c(c6)c6ccccc6n7-c6ccccc6)ccc5c34)nc(-c3ccccc3)n2)cc1. The first-order chi connectivity index (χ1) is 24.8. The zero-order valence-electron chi connectivity index (χ0n) is 27.0. The second-order valence-corrected chi connectivity index (χ2v) is 12.6. The molecule has 0 atom stereocenters. The Morgan fingerprint density at radius 3 is 1.88 bits per heavy atom. The summed E-state index contributed by atoms with van der Waals surface area (Å²) >= 11 is 0. The van der Waals surface area contributed by atoms with E-state index in [-0.39, 0.29) is 0 Å². The van der Waals surface area contributed by atoms with Crippen molar-refractivity contribution in [2.45, 2.75) is 0 Å². The molecule has 0 saturated heterocycles. The van der Waals surface area contributed by atoms with Gasteiger partial charge in [0, 0.05) is 43.9 Å². The topological polar surface area (TPSA) is 43.9 Å². The third-order valence-electron chi connectivity index (χ3n) is 9.62. The van der Waals surface area contributed by atoms with Gasteiger partial charge in [0.25, 0.3) is 0 Å². The van der Waals surface area contributed by atoms with Crippen molar-refractivity contribution in [3.8, 4) is 50.7 Å². The molecule has 0 bridgehead atoms. The average molecular weight is 640 g/mol. The van der Waals surface area contributed by atoms with Gasteiger partial charge < -0.3 is 8.98 Å². The lowest BCUT2D eigenvalue weighted by atomic mass is 9.99. The Balaban J connectivity index is 1.12. The lowest BCUT2D eigenvalue weighted by Crippen LogP contribution is -1.96. The predicted molar refractivity (Wildman–Crippen MR) is 205 cm³/mol. The number of nitrogens with zero attached hydrogens (tertiary/aromatic N) is 3. The highest BCUT2D eigenvalue weighted by molar-refractivity contribution is 6.14. The summed E-state index contributed by atoms with van der Waals surface area (Å²) in [6.45, 7) is 0. The molecule has 0 radical (unpaired) electrons. The van der Waals surface area contributed by atoms with Gasteiger partial charge in [0.15, 0.2) is 5.82 Å². The monoisotopic (exact) mass is 639 g/mol. The number of fused-ring (bicyclic) bond motifs is 6. The van der Waals surface area contributed by atoms with Crippen molar-refractivity contribution in [2.24, 2.45) is 0 Å². The highest BCUT2D eigenvalue weighted by Gasteiger charge is 2.18. The van der Waals surface area contributed by atoms with E-state index in [1.807, 2.05) is 48.5 Å². The molecule has 0 amide bonds. The maximum absolute atomic E-state index is 6.58. The number of benzene rings is 7. The third kappa shape index (κ3) is 4.61. The van der Waals surface area contributed by atoms with Crippen molar-refractivity contribution in [2.75, 3.05) is 0 Å². The van der Waals surface area contributed by atoms with Crippen molar-refractivity contribution >= 4 is 43.7 Å². The van der Waals surface area contributed by atoms with E-state index in [4.69, 9.17) is 14.4 Å². The van der Waals surface area contributed by atoms with Gasteiger partial charge in [-0.1, -0.05) is 121 Å².